The number of aromatic amines is 1. The second-order valence-corrected chi connectivity index (χ2v) is 4.14. The van der Waals surface area contributed by atoms with Gasteiger partial charge in [0.15, 0.2) is 5.82 Å². The van der Waals surface area contributed by atoms with E-state index in [1.54, 1.807) is 6.07 Å². The van der Waals surface area contributed by atoms with E-state index in [0.29, 0.717) is 18.5 Å². The Balaban J connectivity index is 1.98. The van der Waals surface area contributed by atoms with Gasteiger partial charge >= 0.3 is 6.18 Å². The van der Waals surface area contributed by atoms with Gasteiger partial charge < -0.3 is 10.3 Å². The topological polar surface area (TPSA) is 57.8 Å². The van der Waals surface area contributed by atoms with Crippen LogP contribution in [0.4, 0.5) is 19.0 Å². The Morgan fingerprint density at radius 2 is 2.10 bits per heavy atom. The number of rotatable bonds is 4. The standard InChI is InChI=1S/C13H12F3N3O/c14-13(15,16)10-3-1-2-9(8-10)4-5-17-11-12(20)19-7-6-18-11/h1-3,6-8H,4-5H2,(H,17,18)(H,19,20). The van der Waals surface area contributed by atoms with Crippen molar-refractivity contribution in [1.29, 1.82) is 0 Å². The first kappa shape index (κ1) is 14.1. The highest BCUT2D eigenvalue weighted by Crippen LogP contribution is 2.29. The SMILES string of the molecule is O=c1[nH]ccnc1NCCc1cccc(C(F)(F)F)c1. The molecule has 0 aliphatic carbocycles. The highest BCUT2D eigenvalue weighted by atomic mass is 19.4. The van der Waals surface area contributed by atoms with Gasteiger partial charge in [-0.25, -0.2) is 4.98 Å². The molecule has 1 aromatic carbocycles. The van der Waals surface area contributed by atoms with Crippen molar-refractivity contribution >= 4 is 5.82 Å². The summed E-state index contributed by atoms with van der Waals surface area (Å²) in [7, 11) is 0. The number of H-pyrrole nitrogens is 1. The molecule has 0 unspecified atom stereocenters. The summed E-state index contributed by atoms with van der Waals surface area (Å²) < 4.78 is 37.6. The average molecular weight is 283 g/mol. The zero-order valence-electron chi connectivity index (χ0n) is 10.4. The highest BCUT2D eigenvalue weighted by molar-refractivity contribution is 5.31. The van der Waals surface area contributed by atoms with Gasteiger partial charge in [0.25, 0.3) is 5.56 Å². The quantitative estimate of drug-likeness (QED) is 0.906. The molecule has 0 atom stereocenters. The Labute approximate surface area is 112 Å². The number of alkyl halides is 3. The zero-order chi connectivity index (χ0) is 14.6. The predicted octanol–water partition coefficient (Wildman–Crippen LogP) is 2.44. The Bertz CT molecular complexity index is 637. The maximum atomic E-state index is 12.5. The van der Waals surface area contributed by atoms with Gasteiger partial charge in [0.05, 0.1) is 5.56 Å². The first-order chi connectivity index (χ1) is 9.47. The van der Waals surface area contributed by atoms with Crippen LogP contribution in [-0.4, -0.2) is 16.5 Å². The van der Waals surface area contributed by atoms with Crippen LogP contribution in [0.2, 0.25) is 0 Å². The van der Waals surface area contributed by atoms with Gasteiger partial charge in [0.2, 0.25) is 0 Å². The molecule has 7 heteroatoms. The molecule has 0 aliphatic heterocycles. The third-order valence-corrected chi connectivity index (χ3v) is 2.67. The van der Waals surface area contributed by atoms with E-state index in [-0.39, 0.29) is 11.4 Å². The minimum atomic E-state index is -4.35. The van der Waals surface area contributed by atoms with Crippen LogP contribution in [0, 0.1) is 0 Å². The third kappa shape index (κ3) is 3.59. The van der Waals surface area contributed by atoms with Crippen molar-refractivity contribution in [2.24, 2.45) is 0 Å². The molecule has 1 heterocycles. The first-order valence-corrected chi connectivity index (χ1v) is 5.90. The maximum Gasteiger partial charge on any atom is 0.416 e. The summed E-state index contributed by atoms with van der Waals surface area (Å²) in [5.74, 6) is 0.152. The molecule has 0 radical (unpaired) electrons. The summed E-state index contributed by atoms with van der Waals surface area (Å²) >= 11 is 0. The minimum absolute atomic E-state index is 0.152. The predicted molar refractivity (Wildman–Crippen MR) is 68.5 cm³/mol. The first-order valence-electron chi connectivity index (χ1n) is 5.90. The number of nitrogens with zero attached hydrogens (tertiary/aromatic N) is 1. The molecule has 0 saturated carbocycles. The summed E-state index contributed by atoms with van der Waals surface area (Å²) in [5, 5.41) is 2.78. The number of halogens is 3. The van der Waals surface area contributed by atoms with Gasteiger partial charge in [-0.3, -0.25) is 4.79 Å². The second kappa shape index (κ2) is 5.77. The number of hydrogen-bond donors (Lipinski definition) is 2. The Morgan fingerprint density at radius 3 is 2.80 bits per heavy atom. The van der Waals surface area contributed by atoms with Crippen LogP contribution in [0.1, 0.15) is 11.1 Å². The van der Waals surface area contributed by atoms with E-state index in [9.17, 15) is 18.0 Å². The largest absolute Gasteiger partial charge is 0.416 e. The van der Waals surface area contributed by atoms with E-state index in [4.69, 9.17) is 0 Å². The molecule has 2 N–H and O–H groups in total. The fraction of sp³-hybridized carbons (Fsp3) is 0.231. The van der Waals surface area contributed by atoms with E-state index in [2.05, 4.69) is 15.3 Å². The van der Waals surface area contributed by atoms with Crippen molar-refractivity contribution in [3.63, 3.8) is 0 Å². The lowest BCUT2D eigenvalue weighted by Gasteiger charge is -2.09. The van der Waals surface area contributed by atoms with Crippen molar-refractivity contribution in [3.8, 4) is 0 Å². The van der Waals surface area contributed by atoms with Crippen molar-refractivity contribution < 1.29 is 13.2 Å². The molecule has 2 aromatic rings. The van der Waals surface area contributed by atoms with Crippen LogP contribution >= 0.6 is 0 Å². The molecule has 4 nitrogen and oxygen atoms in total. The minimum Gasteiger partial charge on any atom is -0.365 e. The van der Waals surface area contributed by atoms with Crippen LogP contribution in [-0.2, 0) is 12.6 Å². The molecule has 0 spiro atoms. The van der Waals surface area contributed by atoms with Crippen LogP contribution in [0.15, 0.2) is 41.5 Å². The van der Waals surface area contributed by atoms with Gasteiger partial charge in [-0.15, -0.1) is 0 Å². The van der Waals surface area contributed by atoms with Crippen molar-refractivity contribution in [1.82, 2.24) is 9.97 Å². The Morgan fingerprint density at radius 1 is 1.30 bits per heavy atom. The Kier molecular flexibility index (Phi) is 4.07. The Hall–Kier alpha value is -2.31. The second-order valence-electron chi connectivity index (χ2n) is 4.14. The zero-order valence-corrected chi connectivity index (χ0v) is 10.4. The van der Waals surface area contributed by atoms with Crippen molar-refractivity contribution in [3.05, 3.63) is 58.1 Å². The molecule has 0 amide bonds. The average Bonchev–Trinajstić information content (AvgIpc) is 2.40. The third-order valence-electron chi connectivity index (χ3n) is 2.67. The van der Waals surface area contributed by atoms with Gasteiger partial charge in [0.1, 0.15) is 0 Å². The van der Waals surface area contributed by atoms with Gasteiger partial charge in [-0.2, -0.15) is 13.2 Å². The molecule has 0 bridgehead atoms. The lowest BCUT2D eigenvalue weighted by Crippen LogP contribution is -2.17. The summed E-state index contributed by atoms with van der Waals surface area (Å²) in [6, 6.07) is 5.11. The molecule has 1 aromatic heterocycles. The maximum absolute atomic E-state index is 12.5. The van der Waals surface area contributed by atoms with E-state index < -0.39 is 11.7 Å². The lowest BCUT2D eigenvalue weighted by atomic mass is 10.1. The monoisotopic (exact) mass is 283 g/mol. The van der Waals surface area contributed by atoms with Gasteiger partial charge in [-0.05, 0) is 18.1 Å². The van der Waals surface area contributed by atoms with Crippen LogP contribution in [0.5, 0.6) is 0 Å². The summed E-state index contributed by atoms with van der Waals surface area (Å²) in [6.07, 6.45) is -1.16. The molecule has 0 aliphatic rings. The summed E-state index contributed by atoms with van der Waals surface area (Å²) in [5.41, 5.74) is -0.498. The van der Waals surface area contributed by atoms with Crippen LogP contribution in [0.3, 0.4) is 0 Å². The van der Waals surface area contributed by atoms with E-state index in [1.165, 1.54) is 18.5 Å². The number of nitrogens with one attached hydrogen (secondary N) is 2. The molecule has 106 valence electrons. The molecule has 20 heavy (non-hydrogen) atoms. The fourth-order valence-corrected chi connectivity index (χ4v) is 1.71. The normalized spacial score (nSPS) is 11.3. The number of benzene rings is 1. The molecular weight excluding hydrogens is 271 g/mol. The summed E-state index contributed by atoms with van der Waals surface area (Å²) in [6.45, 7) is 0.321. The number of hydrogen-bond acceptors (Lipinski definition) is 3. The van der Waals surface area contributed by atoms with Crippen LogP contribution in [0.25, 0.3) is 0 Å². The summed E-state index contributed by atoms with van der Waals surface area (Å²) in [4.78, 5) is 17.6. The lowest BCUT2D eigenvalue weighted by molar-refractivity contribution is -0.137. The van der Waals surface area contributed by atoms with Crippen LogP contribution < -0.4 is 10.9 Å². The number of anilines is 1. The molecule has 0 fully saturated rings. The van der Waals surface area contributed by atoms with E-state index in [0.717, 1.165) is 12.1 Å². The van der Waals surface area contributed by atoms with Gasteiger partial charge in [0, 0.05) is 18.9 Å². The molecule has 0 saturated heterocycles. The highest BCUT2D eigenvalue weighted by Gasteiger charge is 2.30. The van der Waals surface area contributed by atoms with Gasteiger partial charge in [-0.1, -0.05) is 18.2 Å². The van der Waals surface area contributed by atoms with Crippen molar-refractivity contribution in [2.75, 3.05) is 11.9 Å². The van der Waals surface area contributed by atoms with Crippen molar-refractivity contribution in [2.45, 2.75) is 12.6 Å². The molecule has 2 rings (SSSR count). The van der Waals surface area contributed by atoms with E-state index in [1.807, 2.05) is 0 Å². The smallest absolute Gasteiger partial charge is 0.365 e. The molecular formula is C13H12F3N3O. The van der Waals surface area contributed by atoms with E-state index >= 15 is 0 Å². The number of aromatic nitrogens is 2. The fourth-order valence-electron chi connectivity index (χ4n) is 1.71.